The lowest BCUT2D eigenvalue weighted by atomic mass is 10.1. The number of aromatic carboxylic acids is 1. The largest absolute Gasteiger partial charge is 0.478 e. The van der Waals surface area contributed by atoms with Gasteiger partial charge in [0.25, 0.3) is 5.91 Å². The van der Waals surface area contributed by atoms with Gasteiger partial charge in [-0.15, -0.1) is 0 Å². The van der Waals surface area contributed by atoms with Crippen LogP contribution in [0.15, 0.2) is 42.5 Å². The van der Waals surface area contributed by atoms with Crippen LogP contribution in [0.5, 0.6) is 0 Å². The summed E-state index contributed by atoms with van der Waals surface area (Å²) in [6, 6.07) is 10.4. The normalized spacial score (nSPS) is 10.1. The minimum absolute atomic E-state index is 0.288. The summed E-state index contributed by atoms with van der Waals surface area (Å²) in [5.74, 6) is -2.64. The molecule has 2 N–H and O–H groups in total. The fourth-order valence-electron chi connectivity index (χ4n) is 1.66. The molecule has 0 spiro atoms. The first kappa shape index (κ1) is 14.4. The number of rotatable bonds is 3. The Morgan fingerprint density at radius 3 is 2.35 bits per heavy atom. The van der Waals surface area contributed by atoms with Crippen molar-refractivity contribution in [3.8, 4) is 0 Å². The van der Waals surface area contributed by atoms with Gasteiger partial charge >= 0.3 is 5.97 Å². The summed E-state index contributed by atoms with van der Waals surface area (Å²) in [5, 5.41) is 11.3. The third-order valence-electron chi connectivity index (χ3n) is 2.60. The van der Waals surface area contributed by atoms with Gasteiger partial charge in [0, 0.05) is 3.57 Å². The van der Waals surface area contributed by atoms with Crippen LogP contribution in [0.3, 0.4) is 0 Å². The predicted molar refractivity (Wildman–Crippen MR) is 80.5 cm³/mol. The van der Waals surface area contributed by atoms with Crippen molar-refractivity contribution in [3.63, 3.8) is 0 Å². The van der Waals surface area contributed by atoms with Crippen LogP contribution in [0.25, 0.3) is 0 Å². The van der Waals surface area contributed by atoms with E-state index in [0.717, 1.165) is 6.07 Å². The van der Waals surface area contributed by atoms with Gasteiger partial charge in [-0.25, -0.2) is 9.18 Å². The molecule has 0 aliphatic heterocycles. The highest BCUT2D eigenvalue weighted by Gasteiger charge is 2.18. The third kappa shape index (κ3) is 2.96. The van der Waals surface area contributed by atoms with E-state index >= 15 is 0 Å². The van der Waals surface area contributed by atoms with Gasteiger partial charge < -0.3 is 10.4 Å². The molecule has 0 saturated carbocycles. The van der Waals surface area contributed by atoms with Crippen LogP contribution in [0, 0.1) is 9.39 Å². The molecule has 0 radical (unpaired) electrons. The van der Waals surface area contributed by atoms with Gasteiger partial charge in [-0.3, -0.25) is 4.79 Å². The fourth-order valence-corrected chi connectivity index (χ4v) is 2.29. The minimum atomic E-state index is -1.30. The van der Waals surface area contributed by atoms with Gasteiger partial charge in [0.05, 0.1) is 16.8 Å². The Morgan fingerprint density at radius 1 is 1.05 bits per heavy atom. The quantitative estimate of drug-likeness (QED) is 0.797. The number of carbonyl (C=O) groups is 2. The Morgan fingerprint density at radius 2 is 1.70 bits per heavy atom. The standard InChI is InChI=1S/C14H9FINO3/c15-10-6-3-5-9(14(19)20)12(10)17-13(18)8-4-1-2-7-11(8)16/h1-7H,(H,17,18)(H,19,20). The predicted octanol–water partition coefficient (Wildman–Crippen LogP) is 3.38. The zero-order valence-electron chi connectivity index (χ0n) is 10.1. The molecule has 0 unspecified atom stereocenters. The van der Waals surface area contributed by atoms with E-state index in [1.807, 2.05) is 22.6 Å². The van der Waals surface area contributed by atoms with Crippen LogP contribution < -0.4 is 5.32 Å². The molecule has 0 aromatic heterocycles. The summed E-state index contributed by atoms with van der Waals surface area (Å²) in [5.41, 5.74) is -0.262. The van der Waals surface area contributed by atoms with E-state index in [9.17, 15) is 14.0 Å². The lowest BCUT2D eigenvalue weighted by Crippen LogP contribution is -2.17. The number of anilines is 1. The molecule has 0 fully saturated rings. The lowest BCUT2D eigenvalue weighted by Gasteiger charge is -2.10. The van der Waals surface area contributed by atoms with Gasteiger partial charge in [0.15, 0.2) is 0 Å². The molecule has 102 valence electrons. The fraction of sp³-hybridized carbons (Fsp3) is 0. The first-order valence-corrected chi connectivity index (χ1v) is 6.66. The highest BCUT2D eigenvalue weighted by Crippen LogP contribution is 2.21. The maximum atomic E-state index is 13.7. The van der Waals surface area contributed by atoms with E-state index in [2.05, 4.69) is 5.32 Å². The Labute approximate surface area is 127 Å². The molecule has 0 aliphatic carbocycles. The van der Waals surface area contributed by atoms with Crippen molar-refractivity contribution in [1.29, 1.82) is 0 Å². The molecule has 6 heteroatoms. The number of para-hydroxylation sites is 1. The average molecular weight is 385 g/mol. The molecule has 2 rings (SSSR count). The molecule has 2 aromatic carbocycles. The van der Waals surface area contributed by atoms with E-state index in [0.29, 0.717) is 9.13 Å². The van der Waals surface area contributed by atoms with Gasteiger partial charge in [-0.05, 0) is 46.9 Å². The smallest absolute Gasteiger partial charge is 0.337 e. The van der Waals surface area contributed by atoms with E-state index in [-0.39, 0.29) is 11.3 Å². The molecule has 0 atom stereocenters. The van der Waals surface area contributed by atoms with Crippen molar-refractivity contribution < 1.29 is 19.1 Å². The summed E-state index contributed by atoms with van der Waals surface area (Å²) in [6.45, 7) is 0. The highest BCUT2D eigenvalue weighted by molar-refractivity contribution is 14.1. The first-order valence-electron chi connectivity index (χ1n) is 5.58. The molecule has 20 heavy (non-hydrogen) atoms. The Hall–Kier alpha value is -1.96. The molecular formula is C14H9FINO3. The SMILES string of the molecule is O=C(Nc1c(F)cccc1C(=O)O)c1ccccc1I. The second-order valence-electron chi connectivity index (χ2n) is 3.90. The van der Waals surface area contributed by atoms with Crippen LogP contribution in [0.1, 0.15) is 20.7 Å². The number of hydrogen-bond acceptors (Lipinski definition) is 2. The number of halogens is 2. The topological polar surface area (TPSA) is 66.4 Å². The van der Waals surface area contributed by atoms with Crippen molar-refractivity contribution in [3.05, 3.63) is 63.0 Å². The zero-order chi connectivity index (χ0) is 14.7. The minimum Gasteiger partial charge on any atom is -0.478 e. The molecule has 1 amide bonds. The van der Waals surface area contributed by atoms with Crippen molar-refractivity contribution in [2.24, 2.45) is 0 Å². The summed E-state index contributed by atoms with van der Waals surface area (Å²) < 4.78 is 14.4. The Kier molecular flexibility index (Phi) is 4.33. The highest BCUT2D eigenvalue weighted by atomic mass is 127. The molecule has 4 nitrogen and oxygen atoms in total. The summed E-state index contributed by atoms with van der Waals surface area (Å²) in [7, 11) is 0. The van der Waals surface area contributed by atoms with Gasteiger partial charge in [0.2, 0.25) is 0 Å². The number of carboxylic acid groups (broad SMARTS) is 1. The molecular weight excluding hydrogens is 376 g/mol. The number of hydrogen-bond donors (Lipinski definition) is 2. The van der Waals surface area contributed by atoms with Crippen LogP contribution in [-0.4, -0.2) is 17.0 Å². The van der Waals surface area contributed by atoms with Crippen LogP contribution in [0.4, 0.5) is 10.1 Å². The van der Waals surface area contributed by atoms with Crippen molar-refractivity contribution in [2.45, 2.75) is 0 Å². The van der Waals surface area contributed by atoms with E-state index in [1.54, 1.807) is 24.3 Å². The summed E-state index contributed by atoms with van der Waals surface area (Å²) >= 11 is 1.98. The summed E-state index contributed by atoms with van der Waals surface area (Å²) in [4.78, 5) is 23.1. The molecule has 0 aliphatic rings. The Bertz CT molecular complexity index is 688. The lowest BCUT2D eigenvalue weighted by molar-refractivity contribution is 0.0697. The van der Waals surface area contributed by atoms with E-state index in [4.69, 9.17) is 5.11 Å². The van der Waals surface area contributed by atoms with Crippen molar-refractivity contribution in [2.75, 3.05) is 5.32 Å². The number of amides is 1. The number of benzene rings is 2. The molecule has 0 bridgehead atoms. The van der Waals surface area contributed by atoms with Crippen molar-refractivity contribution in [1.82, 2.24) is 0 Å². The second-order valence-corrected chi connectivity index (χ2v) is 5.06. The monoisotopic (exact) mass is 385 g/mol. The number of carboxylic acids is 1. The maximum Gasteiger partial charge on any atom is 0.337 e. The first-order chi connectivity index (χ1) is 9.50. The average Bonchev–Trinajstić information content (AvgIpc) is 2.41. The molecule has 0 saturated heterocycles. The third-order valence-corrected chi connectivity index (χ3v) is 3.54. The van der Waals surface area contributed by atoms with Crippen molar-refractivity contribution >= 4 is 40.2 Å². The van der Waals surface area contributed by atoms with Gasteiger partial charge in [0.1, 0.15) is 5.82 Å². The maximum absolute atomic E-state index is 13.7. The molecule has 0 heterocycles. The van der Waals surface area contributed by atoms with Crippen LogP contribution in [-0.2, 0) is 0 Å². The zero-order valence-corrected chi connectivity index (χ0v) is 12.2. The number of nitrogens with one attached hydrogen (secondary N) is 1. The Balaban J connectivity index is 2.38. The van der Waals surface area contributed by atoms with Gasteiger partial charge in [-0.2, -0.15) is 0 Å². The van der Waals surface area contributed by atoms with E-state index in [1.165, 1.54) is 12.1 Å². The second kappa shape index (κ2) is 6.00. The van der Waals surface area contributed by atoms with Crippen LogP contribution in [0.2, 0.25) is 0 Å². The number of carbonyl (C=O) groups excluding carboxylic acids is 1. The molecule has 2 aromatic rings. The van der Waals surface area contributed by atoms with Gasteiger partial charge in [-0.1, -0.05) is 18.2 Å². The van der Waals surface area contributed by atoms with E-state index < -0.39 is 17.7 Å². The van der Waals surface area contributed by atoms with Crippen LogP contribution >= 0.6 is 22.6 Å². The summed E-state index contributed by atoms with van der Waals surface area (Å²) in [6.07, 6.45) is 0.